The van der Waals surface area contributed by atoms with E-state index in [9.17, 15) is 9.59 Å². The summed E-state index contributed by atoms with van der Waals surface area (Å²) in [5.74, 6) is 0.569. The molecule has 1 amide bonds. The molecule has 21 heavy (non-hydrogen) atoms. The van der Waals surface area contributed by atoms with Crippen molar-refractivity contribution in [3.05, 3.63) is 35.7 Å². The van der Waals surface area contributed by atoms with Gasteiger partial charge in [-0.05, 0) is 45.0 Å². The fraction of sp³-hybridized carbons (Fsp3) is 0.286. The Morgan fingerprint density at radius 3 is 2.48 bits per heavy atom. The third-order valence-corrected chi connectivity index (χ3v) is 3.75. The zero-order chi connectivity index (χ0) is 15.4. The summed E-state index contributed by atoms with van der Waals surface area (Å²) in [5, 5.41) is 9.73. The largest absolute Gasteiger partial charge is 0.325 e. The number of anilines is 1. The highest BCUT2D eigenvalue weighted by Gasteiger charge is 2.17. The van der Waals surface area contributed by atoms with E-state index in [4.69, 9.17) is 0 Å². The van der Waals surface area contributed by atoms with Crippen molar-refractivity contribution < 1.29 is 9.59 Å². The summed E-state index contributed by atoms with van der Waals surface area (Å²) in [6.45, 7) is 5.10. The molecule has 0 radical (unpaired) electrons. The Morgan fingerprint density at radius 2 is 1.95 bits per heavy atom. The molecular formula is C14H16N4O2S. The molecule has 110 valence electrons. The van der Waals surface area contributed by atoms with Crippen molar-refractivity contribution in [2.75, 3.05) is 5.32 Å². The molecule has 7 heteroatoms. The third-order valence-electron chi connectivity index (χ3n) is 2.79. The van der Waals surface area contributed by atoms with E-state index >= 15 is 0 Å². The lowest BCUT2D eigenvalue weighted by atomic mass is 10.1. The molecule has 2 N–H and O–H groups in total. The monoisotopic (exact) mass is 304 g/mol. The van der Waals surface area contributed by atoms with Crippen LogP contribution >= 0.6 is 11.8 Å². The fourth-order valence-electron chi connectivity index (χ4n) is 1.62. The molecule has 2 rings (SSSR count). The van der Waals surface area contributed by atoms with E-state index in [2.05, 4.69) is 20.5 Å². The highest BCUT2D eigenvalue weighted by molar-refractivity contribution is 8.00. The molecule has 0 aliphatic heterocycles. The molecule has 1 aromatic heterocycles. The first-order valence-corrected chi connectivity index (χ1v) is 7.31. The van der Waals surface area contributed by atoms with Gasteiger partial charge in [-0.25, -0.2) is 4.98 Å². The number of aromatic nitrogens is 3. The lowest BCUT2D eigenvalue weighted by molar-refractivity contribution is -0.115. The van der Waals surface area contributed by atoms with Gasteiger partial charge in [0.25, 0.3) is 0 Å². The summed E-state index contributed by atoms with van der Waals surface area (Å²) in [6, 6.07) is 6.80. The SMILES string of the molecule is CC(=O)c1ccc(NC(=O)C(C)Sc2n[nH]c(C)n2)cc1. The first kappa shape index (κ1) is 15.2. The van der Waals surface area contributed by atoms with Crippen LogP contribution in [-0.2, 0) is 4.79 Å². The summed E-state index contributed by atoms with van der Waals surface area (Å²) < 4.78 is 0. The smallest absolute Gasteiger partial charge is 0.237 e. The number of ketones is 1. The fourth-order valence-corrected chi connectivity index (χ4v) is 2.39. The van der Waals surface area contributed by atoms with Crippen molar-refractivity contribution in [1.82, 2.24) is 15.2 Å². The number of Topliss-reactive ketones (excluding diaryl/α,β-unsaturated/α-hetero) is 1. The van der Waals surface area contributed by atoms with E-state index in [1.165, 1.54) is 18.7 Å². The molecule has 0 aliphatic carbocycles. The van der Waals surface area contributed by atoms with Crippen LogP contribution in [0.15, 0.2) is 29.4 Å². The molecule has 0 bridgehead atoms. The van der Waals surface area contributed by atoms with Gasteiger partial charge < -0.3 is 5.32 Å². The van der Waals surface area contributed by atoms with Crippen molar-refractivity contribution in [3.8, 4) is 0 Å². The average molecular weight is 304 g/mol. The summed E-state index contributed by atoms with van der Waals surface area (Å²) in [5.41, 5.74) is 1.27. The topological polar surface area (TPSA) is 87.7 Å². The predicted molar refractivity (Wildman–Crippen MR) is 81.5 cm³/mol. The summed E-state index contributed by atoms with van der Waals surface area (Å²) in [4.78, 5) is 27.4. The number of aryl methyl sites for hydroxylation is 1. The number of hydrogen-bond donors (Lipinski definition) is 2. The molecule has 2 aromatic rings. The highest BCUT2D eigenvalue weighted by atomic mass is 32.2. The molecule has 0 saturated carbocycles. The molecule has 0 spiro atoms. The predicted octanol–water partition coefficient (Wildman–Crippen LogP) is 2.44. The number of thioether (sulfide) groups is 1. The van der Waals surface area contributed by atoms with Crippen molar-refractivity contribution >= 4 is 29.1 Å². The van der Waals surface area contributed by atoms with Crippen molar-refractivity contribution in [2.24, 2.45) is 0 Å². The zero-order valence-electron chi connectivity index (χ0n) is 12.0. The normalized spacial score (nSPS) is 12.0. The zero-order valence-corrected chi connectivity index (χ0v) is 12.8. The Morgan fingerprint density at radius 1 is 1.29 bits per heavy atom. The van der Waals surface area contributed by atoms with Crippen LogP contribution in [0.4, 0.5) is 5.69 Å². The van der Waals surface area contributed by atoms with Gasteiger partial charge in [0.15, 0.2) is 5.78 Å². The Balaban J connectivity index is 1.95. The van der Waals surface area contributed by atoms with Crippen LogP contribution in [-0.4, -0.2) is 32.1 Å². The maximum atomic E-state index is 12.1. The number of nitrogens with zero attached hydrogens (tertiary/aromatic N) is 2. The van der Waals surface area contributed by atoms with Gasteiger partial charge in [-0.3, -0.25) is 14.7 Å². The Hall–Kier alpha value is -2.15. The second kappa shape index (κ2) is 6.53. The summed E-state index contributed by atoms with van der Waals surface area (Å²) >= 11 is 1.28. The number of hydrogen-bond acceptors (Lipinski definition) is 5. The maximum Gasteiger partial charge on any atom is 0.237 e. The number of aromatic amines is 1. The number of nitrogens with one attached hydrogen (secondary N) is 2. The molecule has 1 unspecified atom stereocenters. The van der Waals surface area contributed by atoms with E-state index in [-0.39, 0.29) is 16.9 Å². The summed E-state index contributed by atoms with van der Waals surface area (Å²) in [7, 11) is 0. The van der Waals surface area contributed by atoms with Crippen LogP contribution in [0, 0.1) is 6.92 Å². The van der Waals surface area contributed by atoms with E-state index in [0.717, 1.165) is 0 Å². The molecule has 0 fully saturated rings. The number of amides is 1. The van der Waals surface area contributed by atoms with Crippen molar-refractivity contribution in [1.29, 1.82) is 0 Å². The van der Waals surface area contributed by atoms with Crippen LogP contribution < -0.4 is 5.32 Å². The molecule has 1 atom stereocenters. The maximum absolute atomic E-state index is 12.1. The van der Waals surface area contributed by atoms with E-state index in [1.807, 2.05) is 0 Å². The third kappa shape index (κ3) is 4.16. The average Bonchev–Trinajstić information content (AvgIpc) is 2.84. The van der Waals surface area contributed by atoms with Gasteiger partial charge in [-0.2, -0.15) is 0 Å². The minimum atomic E-state index is -0.326. The summed E-state index contributed by atoms with van der Waals surface area (Å²) in [6.07, 6.45) is 0. The van der Waals surface area contributed by atoms with Crippen LogP contribution in [0.25, 0.3) is 0 Å². The van der Waals surface area contributed by atoms with Crippen molar-refractivity contribution in [2.45, 2.75) is 31.2 Å². The number of rotatable bonds is 5. The molecule has 0 aliphatic rings. The Labute approximate surface area is 126 Å². The lowest BCUT2D eigenvalue weighted by Crippen LogP contribution is -2.22. The van der Waals surface area contributed by atoms with E-state index in [1.54, 1.807) is 38.1 Å². The number of H-pyrrole nitrogens is 1. The van der Waals surface area contributed by atoms with Crippen LogP contribution in [0.2, 0.25) is 0 Å². The molecule has 6 nitrogen and oxygen atoms in total. The Kier molecular flexibility index (Phi) is 4.74. The van der Waals surface area contributed by atoms with E-state index < -0.39 is 0 Å². The van der Waals surface area contributed by atoms with Gasteiger partial charge in [-0.1, -0.05) is 11.8 Å². The second-order valence-electron chi connectivity index (χ2n) is 4.59. The molecule has 0 saturated heterocycles. The molecule has 1 heterocycles. The van der Waals surface area contributed by atoms with Gasteiger partial charge in [-0.15, -0.1) is 5.10 Å². The number of carbonyl (C=O) groups excluding carboxylic acids is 2. The van der Waals surface area contributed by atoms with Gasteiger partial charge in [0.1, 0.15) is 5.82 Å². The first-order chi connectivity index (χ1) is 9.95. The number of carbonyl (C=O) groups is 2. The highest BCUT2D eigenvalue weighted by Crippen LogP contribution is 2.20. The van der Waals surface area contributed by atoms with Gasteiger partial charge in [0, 0.05) is 11.3 Å². The van der Waals surface area contributed by atoms with E-state index in [0.29, 0.717) is 22.2 Å². The quantitative estimate of drug-likeness (QED) is 0.654. The van der Waals surface area contributed by atoms with Crippen LogP contribution in [0.5, 0.6) is 0 Å². The lowest BCUT2D eigenvalue weighted by Gasteiger charge is -2.10. The first-order valence-electron chi connectivity index (χ1n) is 6.43. The van der Waals surface area contributed by atoms with Gasteiger partial charge in [0.2, 0.25) is 11.1 Å². The number of benzene rings is 1. The second-order valence-corrected chi connectivity index (χ2v) is 5.89. The van der Waals surface area contributed by atoms with Gasteiger partial charge >= 0.3 is 0 Å². The molecule has 1 aromatic carbocycles. The minimum Gasteiger partial charge on any atom is -0.325 e. The Bertz CT molecular complexity index is 651. The standard InChI is InChI=1S/C14H16N4O2S/c1-8(19)11-4-6-12(7-5-11)16-13(20)9(2)21-14-15-10(3)17-18-14/h4-7,9H,1-3H3,(H,16,20)(H,15,17,18). The van der Waals surface area contributed by atoms with Gasteiger partial charge in [0.05, 0.1) is 5.25 Å². The molecular weight excluding hydrogens is 288 g/mol. The minimum absolute atomic E-state index is 0.00298. The van der Waals surface area contributed by atoms with Crippen LogP contribution in [0.3, 0.4) is 0 Å². The van der Waals surface area contributed by atoms with Crippen molar-refractivity contribution in [3.63, 3.8) is 0 Å². The van der Waals surface area contributed by atoms with Crippen LogP contribution in [0.1, 0.15) is 30.0 Å².